The van der Waals surface area contributed by atoms with Gasteiger partial charge in [0, 0.05) is 44.8 Å². The van der Waals surface area contributed by atoms with E-state index in [4.69, 9.17) is 5.73 Å². The first kappa shape index (κ1) is 30.8. The number of ether oxygens (including phenoxy) is 2. The summed E-state index contributed by atoms with van der Waals surface area (Å²) >= 11 is 0. The third kappa shape index (κ3) is 6.89. The number of likely N-dealkylation sites (tertiary alicyclic amines) is 1. The van der Waals surface area contributed by atoms with Gasteiger partial charge in [-0.1, -0.05) is 0 Å². The van der Waals surface area contributed by atoms with E-state index >= 15 is 0 Å². The summed E-state index contributed by atoms with van der Waals surface area (Å²) in [4.78, 5) is 21.4. The fourth-order valence-corrected chi connectivity index (χ4v) is 5.21. The second-order valence-corrected chi connectivity index (χ2v) is 10.3. The van der Waals surface area contributed by atoms with E-state index in [0.29, 0.717) is 12.4 Å². The number of fused-ring (bicyclic) bond motifs is 1. The number of benzene rings is 1. The van der Waals surface area contributed by atoms with Gasteiger partial charge in [0.25, 0.3) is 5.91 Å². The van der Waals surface area contributed by atoms with Crippen molar-refractivity contribution in [2.75, 3.05) is 31.5 Å². The Hall–Kier alpha value is -5.17. The molecule has 3 N–H and O–H groups in total. The molecule has 0 aliphatic carbocycles. The molecule has 0 atom stereocenters. The number of halogens is 4. The second kappa shape index (κ2) is 13.4. The second-order valence-electron chi connectivity index (χ2n) is 10.3. The predicted molar refractivity (Wildman–Crippen MR) is 153 cm³/mol. The van der Waals surface area contributed by atoms with Crippen molar-refractivity contribution < 1.29 is 31.8 Å². The summed E-state index contributed by atoms with van der Waals surface area (Å²) in [6, 6.07) is 4.84. The van der Waals surface area contributed by atoms with Gasteiger partial charge in [-0.15, -0.1) is 10.2 Å². The lowest BCUT2D eigenvalue weighted by Gasteiger charge is -2.30. The zero-order chi connectivity index (χ0) is 32.2. The van der Waals surface area contributed by atoms with E-state index in [1.54, 1.807) is 17.1 Å². The highest BCUT2D eigenvalue weighted by Crippen LogP contribution is 2.38. The van der Waals surface area contributed by atoms with Crippen LogP contribution in [-0.2, 0) is 6.54 Å². The smallest absolute Gasteiger partial charge is 0.387 e. The van der Waals surface area contributed by atoms with Gasteiger partial charge in [0.05, 0.1) is 23.5 Å². The minimum absolute atomic E-state index is 0.0224. The molecule has 5 aromatic rings. The molecule has 1 amide bonds. The summed E-state index contributed by atoms with van der Waals surface area (Å²) in [5, 5.41) is 24.1. The third-order valence-corrected chi connectivity index (χ3v) is 7.28. The Balaban J connectivity index is 1.32. The molecule has 1 aromatic carbocycles. The van der Waals surface area contributed by atoms with Crippen LogP contribution in [0.15, 0.2) is 49.1 Å². The molecule has 4 aromatic heterocycles. The molecular weight excluding hydrogens is 616 g/mol. The van der Waals surface area contributed by atoms with Gasteiger partial charge in [-0.3, -0.25) is 9.48 Å². The maximum absolute atomic E-state index is 13.4. The topological polar surface area (TPSA) is 168 Å². The maximum atomic E-state index is 13.4. The van der Waals surface area contributed by atoms with Crippen molar-refractivity contribution in [1.29, 1.82) is 0 Å². The average molecular weight is 645 g/mol. The third-order valence-electron chi connectivity index (χ3n) is 7.28. The van der Waals surface area contributed by atoms with E-state index < -0.39 is 19.1 Å². The first-order chi connectivity index (χ1) is 22.3. The zero-order valence-electron chi connectivity index (χ0n) is 24.1. The normalized spacial score (nSPS) is 14.4. The molecule has 1 fully saturated rings. The van der Waals surface area contributed by atoms with Gasteiger partial charge in [0.1, 0.15) is 29.3 Å². The summed E-state index contributed by atoms with van der Waals surface area (Å²) in [6.07, 6.45) is 7.47. The number of tetrazole rings is 1. The molecule has 0 unspecified atom stereocenters. The minimum Gasteiger partial charge on any atom is -0.435 e. The van der Waals surface area contributed by atoms with Gasteiger partial charge >= 0.3 is 13.2 Å². The lowest BCUT2D eigenvalue weighted by atomic mass is 10.1. The van der Waals surface area contributed by atoms with Gasteiger partial charge in [-0.25, -0.2) is 9.50 Å². The zero-order valence-corrected chi connectivity index (χ0v) is 24.1. The van der Waals surface area contributed by atoms with Crippen LogP contribution in [0.2, 0.25) is 0 Å². The summed E-state index contributed by atoms with van der Waals surface area (Å²) < 4.78 is 64.7. The van der Waals surface area contributed by atoms with Crippen LogP contribution in [0.25, 0.3) is 16.9 Å². The monoisotopic (exact) mass is 644 g/mol. The molecule has 1 aliphatic heterocycles. The highest BCUT2D eigenvalue weighted by Gasteiger charge is 2.25. The van der Waals surface area contributed by atoms with Crippen molar-refractivity contribution >= 4 is 17.2 Å². The standard InChI is InChI=1S/C27H28F4N12O3/c28-26(29)45-17-2-3-21(46-27(30)31)18(12-17)23-20(35-25(44)19-13-34-42-8-1-7-33-24(19)42)14-41(38-23)15-22-36-39-43(37-22)16-4-9-40(10-5-16)11-6-32/h1-3,7-8,12-14,16,26-27H,4-6,9-11,15,32H2,(H,35,44). The Morgan fingerprint density at radius 3 is 2.67 bits per heavy atom. The highest BCUT2D eigenvalue weighted by molar-refractivity contribution is 6.09. The number of carbonyl (C=O) groups excluding carboxylic acids is 1. The number of amides is 1. The quantitative estimate of drug-likeness (QED) is 0.192. The van der Waals surface area contributed by atoms with Crippen LogP contribution < -0.4 is 20.5 Å². The van der Waals surface area contributed by atoms with Crippen LogP contribution in [0.4, 0.5) is 23.2 Å². The van der Waals surface area contributed by atoms with Crippen LogP contribution in [0.1, 0.15) is 35.1 Å². The van der Waals surface area contributed by atoms with Gasteiger partial charge in [0.2, 0.25) is 0 Å². The molecule has 19 heteroatoms. The Morgan fingerprint density at radius 2 is 1.91 bits per heavy atom. The van der Waals surface area contributed by atoms with Gasteiger partial charge in [-0.05, 0) is 42.3 Å². The summed E-state index contributed by atoms with van der Waals surface area (Å²) in [7, 11) is 0. The van der Waals surface area contributed by atoms with Crippen LogP contribution in [0.5, 0.6) is 11.5 Å². The van der Waals surface area contributed by atoms with E-state index in [0.717, 1.165) is 50.7 Å². The fraction of sp³-hybridized carbons (Fsp3) is 0.370. The number of alkyl halides is 4. The average Bonchev–Trinajstić information content (AvgIpc) is 3.77. The molecule has 242 valence electrons. The van der Waals surface area contributed by atoms with Crippen molar-refractivity contribution in [3.8, 4) is 22.8 Å². The van der Waals surface area contributed by atoms with Crippen LogP contribution in [0.3, 0.4) is 0 Å². The Kier molecular flexibility index (Phi) is 9.01. The molecule has 0 bridgehead atoms. The summed E-state index contributed by atoms with van der Waals surface area (Å²) in [5.74, 6) is -1.08. The van der Waals surface area contributed by atoms with Gasteiger partial charge in [-0.2, -0.15) is 32.6 Å². The van der Waals surface area contributed by atoms with Crippen molar-refractivity contribution in [2.45, 2.75) is 38.7 Å². The lowest BCUT2D eigenvalue weighted by Crippen LogP contribution is -2.38. The predicted octanol–water partition coefficient (Wildman–Crippen LogP) is 2.68. The van der Waals surface area contributed by atoms with E-state index in [-0.39, 0.29) is 52.2 Å². The number of hydrogen-bond donors (Lipinski definition) is 2. The van der Waals surface area contributed by atoms with E-state index in [9.17, 15) is 22.4 Å². The first-order valence-corrected chi connectivity index (χ1v) is 14.2. The number of piperidine rings is 1. The van der Waals surface area contributed by atoms with Crippen LogP contribution in [0, 0.1) is 0 Å². The largest absolute Gasteiger partial charge is 0.435 e. The number of nitrogens with two attached hydrogens (primary N) is 1. The van der Waals surface area contributed by atoms with Gasteiger partial charge < -0.3 is 25.4 Å². The lowest BCUT2D eigenvalue weighted by molar-refractivity contribution is -0.0526. The summed E-state index contributed by atoms with van der Waals surface area (Å²) in [6.45, 7) is -3.35. The number of carbonyl (C=O) groups is 1. The van der Waals surface area contributed by atoms with Crippen LogP contribution in [-0.4, -0.2) is 94.8 Å². The Labute approximate surface area is 257 Å². The van der Waals surface area contributed by atoms with Crippen molar-refractivity contribution in [2.24, 2.45) is 5.73 Å². The van der Waals surface area contributed by atoms with Crippen LogP contribution >= 0.6 is 0 Å². The first-order valence-electron chi connectivity index (χ1n) is 14.2. The number of hydrogen-bond acceptors (Lipinski definition) is 11. The molecular formula is C27H28F4N12O3. The minimum atomic E-state index is -3.24. The van der Waals surface area contributed by atoms with E-state index in [2.05, 4.69) is 50.3 Å². The van der Waals surface area contributed by atoms with E-state index in [1.807, 2.05) is 0 Å². The number of nitrogens with zero attached hydrogens (tertiary/aromatic N) is 10. The SMILES string of the molecule is NCCN1CCC(n2nnc(Cn3cc(NC(=O)c4cnn5cccnc45)c(-c4cc(OC(F)F)ccc4OC(F)F)n3)n2)CC1. The molecule has 5 heterocycles. The number of anilines is 1. The van der Waals surface area contributed by atoms with Crippen molar-refractivity contribution in [1.82, 2.24) is 49.5 Å². The Bertz CT molecular complexity index is 1800. The number of aromatic nitrogens is 9. The number of nitrogens with one attached hydrogen (secondary N) is 1. The van der Waals surface area contributed by atoms with E-state index in [1.165, 1.54) is 27.8 Å². The van der Waals surface area contributed by atoms with Gasteiger partial charge in [0.15, 0.2) is 11.5 Å². The molecule has 1 aliphatic rings. The molecule has 46 heavy (non-hydrogen) atoms. The molecule has 0 saturated carbocycles. The molecule has 6 rings (SSSR count). The highest BCUT2D eigenvalue weighted by atomic mass is 19.3. The van der Waals surface area contributed by atoms with Crippen molar-refractivity contribution in [3.05, 3.63) is 60.4 Å². The molecule has 0 spiro atoms. The van der Waals surface area contributed by atoms with Crippen molar-refractivity contribution in [3.63, 3.8) is 0 Å². The Morgan fingerprint density at radius 1 is 1.11 bits per heavy atom. The summed E-state index contributed by atoms with van der Waals surface area (Å²) in [5.41, 5.74) is 5.85. The number of rotatable bonds is 12. The molecule has 1 saturated heterocycles. The maximum Gasteiger partial charge on any atom is 0.387 e. The molecule has 0 radical (unpaired) electrons. The fourth-order valence-electron chi connectivity index (χ4n) is 5.21. The molecule has 15 nitrogen and oxygen atoms in total.